The van der Waals surface area contributed by atoms with Gasteiger partial charge in [0.15, 0.2) is 0 Å². The van der Waals surface area contributed by atoms with Gasteiger partial charge in [0.2, 0.25) is 9.84 Å². The van der Waals surface area contributed by atoms with Crippen LogP contribution in [0.5, 0.6) is 5.75 Å². The van der Waals surface area contributed by atoms with E-state index in [2.05, 4.69) is 0 Å². The Kier molecular flexibility index (Phi) is 3.22. The van der Waals surface area contributed by atoms with Gasteiger partial charge in [-0.3, -0.25) is 0 Å². The Balaban J connectivity index is 1.87. The summed E-state index contributed by atoms with van der Waals surface area (Å²) < 4.78 is 30.5. The number of para-hydroxylation sites is 1. The second-order valence-corrected chi connectivity index (χ2v) is 6.94. The topological polar surface area (TPSA) is 69.4 Å². The summed E-state index contributed by atoms with van der Waals surface area (Å²) in [6.45, 7) is 1.93. The third-order valence-electron chi connectivity index (χ3n) is 3.45. The van der Waals surface area contributed by atoms with E-state index in [1.54, 1.807) is 18.2 Å². The largest absolute Gasteiger partial charge is 0.488 e. The fraction of sp³-hybridized carbons (Fsp3) is 0.125. The van der Waals surface area contributed by atoms with Crippen LogP contribution in [0.1, 0.15) is 11.1 Å². The number of hydrogen-bond donors (Lipinski definition) is 1. The molecule has 21 heavy (non-hydrogen) atoms. The molecule has 5 heteroatoms. The zero-order chi connectivity index (χ0) is 15.0. The van der Waals surface area contributed by atoms with Gasteiger partial charge in [0.05, 0.1) is 9.80 Å². The smallest absolute Gasteiger partial charge is 0.206 e. The van der Waals surface area contributed by atoms with E-state index in [4.69, 9.17) is 10.5 Å². The minimum Gasteiger partial charge on any atom is -0.488 e. The molecule has 2 aromatic carbocycles. The van der Waals surface area contributed by atoms with Gasteiger partial charge in [0.1, 0.15) is 12.4 Å². The van der Waals surface area contributed by atoms with Crippen LogP contribution in [-0.2, 0) is 9.84 Å². The van der Waals surface area contributed by atoms with Gasteiger partial charge < -0.3 is 10.5 Å². The summed E-state index contributed by atoms with van der Waals surface area (Å²) in [5.41, 5.74) is 7.73. The lowest BCUT2D eigenvalue weighted by Gasteiger charge is -2.09. The van der Waals surface area contributed by atoms with Crippen LogP contribution in [0, 0.1) is 6.92 Å². The van der Waals surface area contributed by atoms with Crippen molar-refractivity contribution in [3.05, 3.63) is 58.5 Å². The van der Waals surface area contributed by atoms with E-state index in [9.17, 15) is 8.42 Å². The molecule has 108 valence electrons. The molecule has 2 N–H and O–H groups in total. The van der Waals surface area contributed by atoms with Crippen molar-refractivity contribution in [3.8, 4) is 5.75 Å². The van der Waals surface area contributed by atoms with Crippen molar-refractivity contribution in [1.29, 1.82) is 0 Å². The van der Waals surface area contributed by atoms with E-state index in [1.165, 1.54) is 6.07 Å². The van der Waals surface area contributed by atoms with Crippen LogP contribution < -0.4 is 10.5 Å². The van der Waals surface area contributed by atoms with Crippen LogP contribution in [-0.4, -0.2) is 15.0 Å². The second-order valence-electron chi connectivity index (χ2n) is 4.97. The Hall–Kier alpha value is -2.27. The summed E-state index contributed by atoms with van der Waals surface area (Å²) in [6, 6.07) is 12.4. The molecule has 0 atom stereocenters. The number of aryl methyl sites for hydroxylation is 1. The Morgan fingerprint density at radius 3 is 2.67 bits per heavy atom. The number of benzene rings is 2. The number of nitrogen functional groups attached to an aromatic ring is 1. The third-order valence-corrected chi connectivity index (χ3v) is 5.31. The number of rotatable bonds is 3. The normalized spacial score (nSPS) is 15.4. The molecular weight excluding hydrogens is 286 g/mol. The maximum absolute atomic E-state index is 12.4. The average molecular weight is 301 g/mol. The first-order valence-electron chi connectivity index (χ1n) is 6.52. The molecule has 0 unspecified atom stereocenters. The van der Waals surface area contributed by atoms with Crippen molar-refractivity contribution in [2.45, 2.75) is 11.8 Å². The van der Waals surface area contributed by atoms with Crippen LogP contribution in [0.3, 0.4) is 0 Å². The molecule has 1 heterocycles. The predicted molar refractivity (Wildman–Crippen MR) is 82.7 cm³/mol. The van der Waals surface area contributed by atoms with Gasteiger partial charge in [-0.1, -0.05) is 24.3 Å². The highest BCUT2D eigenvalue weighted by molar-refractivity contribution is 7.95. The lowest BCUT2D eigenvalue weighted by molar-refractivity contribution is 0.356. The third kappa shape index (κ3) is 2.40. The number of sulfone groups is 1. The molecule has 0 saturated carbocycles. The molecule has 0 fully saturated rings. The van der Waals surface area contributed by atoms with Gasteiger partial charge in [-0.2, -0.15) is 0 Å². The van der Waals surface area contributed by atoms with E-state index in [0.717, 1.165) is 5.56 Å². The van der Waals surface area contributed by atoms with Crippen molar-refractivity contribution in [1.82, 2.24) is 0 Å². The Morgan fingerprint density at radius 1 is 1.14 bits per heavy atom. The molecule has 1 aliphatic heterocycles. The summed E-state index contributed by atoms with van der Waals surface area (Å²) in [5.74, 6) is 0.684. The van der Waals surface area contributed by atoms with Gasteiger partial charge in [-0.25, -0.2) is 8.42 Å². The van der Waals surface area contributed by atoms with Gasteiger partial charge in [0, 0.05) is 5.69 Å². The maximum atomic E-state index is 12.4. The van der Waals surface area contributed by atoms with E-state index in [0.29, 0.717) is 17.0 Å². The van der Waals surface area contributed by atoms with Crippen molar-refractivity contribution < 1.29 is 13.2 Å². The lowest BCUT2D eigenvalue weighted by Crippen LogP contribution is -2.09. The Labute approximate surface area is 123 Å². The molecule has 1 aliphatic rings. The number of ether oxygens (including phenoxy) is 1. The van der Waals surface area contributed by atoms with Crippen LogP contribution in [0.2, 0.25) is 0 Å². The van der Waals surface area contributed by atoms with Crippen molar-refractivity contribution in [2.75, 3.05) is 12.3 Å². The number of hydrogen-bond acceptors (Lipinski definition) is 4. The van der Waals surface area contributed by atoms with E-state index in [-0.39, 0.29) is 16.4 Å². The molecule has 0 spiro atoms. The van der Waals surface area contributed by atoms with Gasteiger partial charge in [-0.15, -0.1) is 0 Å². The fourth-order valence-corrected chi connectivity index (χ4v) is 3.79. The second kappa shape index (κ2) is 4.93. The van der Waals surface area contributed by atoms with Crippen molar-refractivity contribution in [3.63, 3.8) is 0 Å². The SMILES string of the molecule is Cc1ccccc1OCC1=Cc2ccc(N)cc2S1(=O)=O. The molecular formula is C16H15NO3S. The standard InChI is InChI=1S/C16H15NO3S/c1-11-4-2-3-5-15(11)20-10-14-8-12-6-7-13(17)9-16(12)21(14,18)19/h2-9H,10,17H2,1H3. The van der Waals surface area contributed by atoms with E-state index < -0.39 is 9.84 Å². The highest BCUT2D eigenvalue weighted by Gasteiger charge is 2.30. The number of anilines is 1. The Morgan fingerprint density at radius 2 is 1.90 bits per heavy atom. The van der Waals surface area contributed by atoms with Crippen LogP contribution in [0.4, 0.5) is 5.69 Å². The fourth-order valence-electron chi connectivity index (χ4n) is 2.28. The molecule has 0 bridgehead atoms. The van der Waals surface area contributed by atoms with Gasteiger partial charge >= 0.3 is 0 Å². The molecule has 0 radical (unpaired) electrons. The summed E-state index contributed by atoms with van der Waals surface area (Å²) >= 11 is 0. The number of nitrogens with two attached hydrogens (primary N) is 1. The highest BCUT2D eigenvalue weighted by Crippen LogP contribution is 2.34. The minimum absolute atomic E-state index is 0.0156. The molecule has 0 aromatic heterocycles. The minimum atomic E-state index is -3.50. The molecule has 0 aliphatic carbocycles. The first kappa shape index (κ1) is 13.7. The monoisotopic (exact) mass is 301 g/mol. The van der Waals surface area contributed by atoms with Gasteiger partial charge in [0.25, 0.3) is 0 Å². The predicted octanol–water partition coefficient (Wildman–Crippen LogP) is 2.78. The maximum Gasteiger partial charge on any atom is 0.206 e. The van der Waals surface area contributed by atoms with Crippen LogP contribution >= 0.6 is 0 Å². The summed E-state index contributed by atoms with van der Waals surface area (Å²) in [5, 5.41) is 0. The lowest BCUT2D eigenvalue weighted by atomic mass is 10.2. The first-order chi connectivity index (χ1) is 9.98. The summed E-state index contributed by atoms with van der Waals surface area (Å²) in [4.78, 5) is 0.511. The van der Waals surface area contributed by atoms with Crippen molar-refractivity contribution >= 4 is 21.6 Å². The van der Waals surface area contributed by atoms with Crippen molar-refractivity contribution in [2.24, 2.45) is 0 Å². The summed E-state index contributed by atoms with van der Waals surface area (Å²) in [6.07, 6.45) is 1.64. The van der Waals surface area contributed by atoms with Crippen LogP contribution in [0.25, 0.3) is 6.08 Å². The quantitative estimate of drug-likeness (QED) is 0.885. The molecule has 0 amide bonds. The zero-order valence-corrected chi connectivity index (χ0v) is 12.4. The molecule has 3 rings (SSSR count). The highest BCUT2D eigenvalue weighted by atomic mass is 32.2. The zero-order valence-electron chi connectivity index (χ0n) is 11.5. The molecule has 0 saturated heterocycles. The average Bonchev–Trinajstić information content (AvgIpc) is 2.69. The Bertz CT molecular complexity index is 838. The molecule has 2 aromatic rings. The van der Waals surface area contributed by atoms with Crippen LogP contribution in [0.15, 0.2) is 52.3 Å². The molecule has 4 nitrogen and oxygen atoms in total. The van der Waals surface area contributed by atoms with E-state index in [1.807, 2.05) is 31.2 Å². The summed E-state index contributed by atoms with van der Waals surface area (Å²) in [7, 11) is -3.50. The number of fused-ring (bicyclic) bond motifs is 1. The van der Waals surface area contributed by atoms with Gasteiger partial charge in [-0.05, 0) is 42.3 Å². The van der Waals surface area contributed by atoms with E-state index >= 15 is 0 Å². The first-order valence-corrected chi connectivity index (χ1v) is 8.00.